The van der Waals surface area contributed by atoms with Gasteiger partial charge in [0.05, 0.1) is 22.4 Å². The van der Waals surface area contributed by atoms with Crippen LogP contribution >= 0.6 is 27.7 Å². The number of thioether (sulfide) groups is 1. The zero-order valence-corrected chi connectivity index (χ0v) is 14.6. The maximum absolute atomic E-state index is 4.49. The SMILES string of the molecule is CNC(c1ccccc1SC)c1c(Br)cnn1C(C)C. The quantitative estimate of drug-likeness (QED) is 0.814. The van der Waals surface area contributed by atoms with Gasteiger partial charge in [-0.15, -0.1) is 11.8 Å². The molecule has 0 radical (unpaired) electrons. The van der Waals surface area contributed by atoms with E-state index in [1.807, 2.05) is 13.2 Å². The Balaban J connectivity index is 2.55. The first-order valence-electron chi connectivity index (χ1n) is 6.63. The number of hydrogen-bond acceptors (Lipinski definition) is 3. The molecule has 108 valence electrons. The average molecular weight is 354 g/mol. The molecule has 0 spiro atoms. The van der Waals surface area contributed by atoms with Crippen LogP contribution in [0.15, 0.2) is 39.8 Å². The third-order valence-corrected chi connectivity index (χ3v) is 4.71. The van der Waals surface area contributed by atoms with Gasteiger partial charge in [-0.1, -0.05) is 18.2 Å². The summed E-state index contributed by atoms with van der Waals surface area (Å²) >= 11 is 5.41. The summed E-state index contributed by atoms with van der Waals surface area (Å²) in [6, 6.07) is 8.96. The topological polar surface area (TPSA) is 29.9 Å². The van der Waals surface area contributed by atoms with Gasteiger partial charge in [-0.2, -0.15) is 5.10 Å². The largest absolute Gasteiger partial charge is 0.308 e. The summed E-state index contributed by atoms with van der Waals surface area (Å²) in [5.74, 6) is 0. The first-order chi connectivity index (χ1) is 9.60. The fourth-order valence-corrected chi connectivity index (χ4v) is 3.52. The smallest absolute Gasteiger partial charge is 0.0768 e. The van der Waals surface area contributed by atoms with E-state index in [4.69, 9.17) is 0 Å². The molecule has 1 aromatic heterocycles. The van der Waals surface area contributed by atoms with Crippen molar-refractivity contribution >= 4 is 27.7 Å². The van der Waals surface area contributed by atoms with Crippen LogP contribution in [0.5, 0.6) is 0 Å². The highest BCUT2D eigenvalue weighted by Gasteiger charge is 2.23. The molecule has 0 amide bonds. The van der Waals surface area contributed by atoms with E-state index < -0.39 is 0 Å². The van der Waals surface area contributed by atoms with Gasteiger partial charge >= 0.3 is 0 Å². The zero-order chi connectivity index (χ0) is 14.7. The molecule has 1 atom stereocenters. The number of nitrogens with zero attached hydrogens (tertiary/aromatic N) is 2. The first kappa shape index (κ1) is 15.6. The molecular weight excluding hydrogens is 334 g/mol. The van der Waals surface area contributed by atoms with E-state index in [1.54, 1.807) is 11.8 Å². The molecular formula is C15H20BrN3S. The van der Waals surface area contributed by atoms with Gasteiger partial charge in [-0.25, -0.2) is 0 Å². The Kier molecular flexibility index (Phi) is 5.29. The summed E-state index contributed by atoms with van der Waals surface area (Å²) in [4.78, 5) is 1.29. The molecule has 1 unspecified atom stereocenters. The Morgan fingerprint density at radius 1 is 1.30 bits per heavy atom. The van der Waals surface area contributed by atoms with E-state index in [0.717, 1.165) is 4.47 Å². The average Bonchev–Trinajstić information content (AvgIpc) is 2.83. The van der Waals surface area contributed by atoms with Gasteiger partial charge in [-0.05, 0) is 54.7 Å². The van der Waals surface area contributed by atoms with Gasteiger partial charge in [0.25, 0.3) is 0 Å². The fraction of sp³-hybridized carbons (Fsp3) is 0.400. The molecule has 1 aromatic carbocycles. The molecule has 1 N–H and O–H groups in total. The van der Waals surface area contributed by atoms with Crippen molar-refractivity contribution in [3.05, 3.63) is 46.2 Å². The van der Waals surface area contributed by atoms with Crippen molar-refractivity contribution in [2.75, 3.05) is 13.3 Å². The maximum atomic E-state index is 4.49. The normalized spacial score (nSPS) is 12.9. The summed E-state index contributed by atoms with van der Waals surface area (Å²) in [6.07, 6.45) is 3.99. The molecule has 2 aromatic rings. The standard InChI is InChI=1S/C15H20BrN3S/c1-10(2)19-15(12(16)9-18-19)14(17-3)11-7-5-6-8-13(11)20-4/h5-10,14,17H,1-4H3. The molecule has 0 aliphatic heterocycles. The van der Waals surface area contributed by atoms with Crippen LogP contribution in [0.1, 0.15) is 37.2 Å². The highest BCUT2D eigenvalue weighted by Crippen LogP contribution is 2.34. The molecule has 0 aliphatic rings. The van der Waals surface area contributed by atoms with Crippen LogP contribution in [-0.4, -0.2) is 23.1 Å². The number of hydrogen-bond donors (Lipinski definition) is 1. The second-order valence-electron chi connectivity index (χ2n) is 4.88. The second kappa shape index (κ2) is 6.78. The van der Waals surface area contributed by atoms with Crippen molar-refractivity contribution in [1.29, 1.82) is 0 Å². The van der Waals surface area contributed by atoms with Crippen molar-refractivity contribution in [3.63, 3.8) is 0 Å². The van der Waals surface area contributed by atoms with E-state index in [2.05, 4.69) is 75.4 Å². The molecule has 0 saturated carbocycles. The third kappa shape index (κ3) is 2.95. The highest BCUT2D eigenvalue weighted by atomic mass is 79.9. The maximum Gasteiger partial charge on any atom is 0.0768 e. The van der Waals surface area contributed by atoms with E-state index in [1.165, 1.54) is 16.2 Å². The van der Waals surface area contributed by atoms with Crippen molar-refractivity contribution in [2.45, 2.75) is 30.8 Å². The van der Waals surface area contributed by atoms with Gasteiger partial charge in [0.1, 0.15) is 0 Å². The van der Waals surface area contributed by atoms with Crippen LogP contribution in [0.4, 0.5) is 0 Å². The van der Waals surface area contributed by atoms with Crippen molar-refractivity contribution in [3.8, 4) is 0 Å². The predicted molar refractivity (Wildman–Crippen MR) is 89.4 cm³/mol. The summed E-state index contributed by atoms with van der Waals surface area (Å²) in [7, 11) is 1.99. The van der Waals surface area contributed by atoms with Crippen LogP contribution in [0.2, 0.25) is 0 Å². The number of aromatic nitrogens is 2. The second-order valence-corrected chi connectivity index (χ2v) is 6.58. The first-order valence-corrected chi connectivity index (χ1v) is 8.65. The van der Waals surface area contributed by atoms with Crippen molar-refractivity contribution in [1.82, 2.24) is 15.1 Å². The summed E-state index contributed by atoms with van der Waals surface area (Å²) < 4.78 is 3.11. The van der Waals surface area contributed by atoms with Crippen LogP contribution in [0.3, 0.4) is 0 Å². The van der Waals surface area contributed by atoms with Crippen LogP contribution in [0.25, 0.3) is 0 Å². The lowest BCUT2D eigenvalue weighted by atomic mass is 10.0. The molecule has 0 bridgehead atoms. The Morgan fingerprint density at radius 3 is 2.60 bits per heavy atom. The molecule has 0 fully saturated rings. The minimum absolute atomic E-state index is 0.123. The Bertz CT molecular complexity index is 580. The minimum atomic E-state index is 0.123. The van der Waals surface area contributed by atoms with Gasteiger partial charge in [0.2, 0.25) is 0 Å². The van der Waals surface area contributed by atoms with E-state index >= 15 is 0 Å². The molecule has 0 aliphatic carbocycles. The monoisotopic (exact) mass is 353 g/mol. The number of benzene rings is 1. The molecule has 3 nitrogen and oxygen atoms in total. The van der Waals surface area contributed by atoms with Gasteiger partial charge in [0, 0.05) is 10.9 Å². The van der Waals surface area contributed by atoms with Crippen molar-refractivity contribution < 1.29 is 0 Å². The van der Waals surface area contributed by atoms with E-state index in [9.17, 15) is 0 Å². The number of halogens is 1. The summed E-state index contributed by atoms with van der Waals surface area (Å²) in [5, 5.41) is 7.92. The lowest BCUT2D eigenvalue weighted by Gasteiger charge is -2.22. The Labute approximate surface area is 133 Å². The van der Waals surface area contributed by atoms with Crippen LogP contribution in [0, 0.1) is 0 Å². The molecule has 5 heteroatoms. The van der Waals surface area contributed by atoms with Crippen molar-refractivity contribution in [2.24, 2.45) is 0 Å². The highest BCUT2D eigenvalue weighted by molar-refractivity contribution is 9.10. The lowest BCUT2D eigenvalue weighted by Crippen LogP contribution is -2.23. The van der Waals surface area contributed by atoms with E-state index in [0.29, 0.717) is 6.04 Å². The number of nitrogens with one attached hydrogen (secondary N) is 1. The van der Waals surface area contributed by atoms with Gasteiger partial charge in [0.15, 0.2) is 0 Å². The third-order valence-electron chi connectivity index (χ3n) is 3.29. The van der Waals surface area contributed by atoms with E-state index in [-0.39, 0.29) is 6.04 Å². The minimum Gasteiger partial charge on any atom is -0.308 e. The fourth-order valence-electron chi connectivity index (χ4n) is 2.38. The zero-order valence-electron chi connectivity index (χ0n) is 12.2. The number of rotatable bonds is 5. The molecule has 1 heterocycles. The van der Waals surface area contributed by atoms with Gasteiger partial charge in [-0.3, -0.25) is 4.68 Å². The summed E-state index contributed by atoms with van der Waals surface area (Å²) in [5.41, 5.74) is 2.45. The predicted octanol–water partition coefficient (Wildman–Crippen LogP) is 4.26. The lowest BCUT2D eigenvalue weighted by molar-refractivity contribution is 0.481. The molecule has 2 rings (SSSR count). The Morgan fingerprint density at radius 2 is 2.00 bits per heavy atom. The van der Waals surface area contributed by atoms with Crippen LogP contribution in [-0.2, 0) is 0 Å². The summed E-state index contributed by atoms with van der Waals surface area (Å²) in [6.45, 7) is 4.30. The Hall–Kier alpha value is -0.780. The van der Waals surface area contributed by atoms with Crippen LogP contribution < -0.4 is 5.32 Å². The molecule has 0 saturated heterocycles. The van der Waals surface area contributed by atoms with Gasteiger partial charge < -0.3 is 5.32 Å². The molecule has 20 heavy (non-hydrogen) atoms.